The number of rotatable bonds is 3. The van der Waals surface area contributed by atoms with Crippen molar-refractivity contribution >= 4 is 33.5 Å². The van der Waals surface area contributed by atoms with Gasteiger partial charge >= 0.3 is 5.97 Å². The highest BCUT2D eigenvalue weighted by Crippen LogP contribution is 2.30. The SMILES string of the molecule is O=C(O)CCC1Cc2cc(Br)ccc2NC1=O. The first-order chi connectivity index (χ1) is 8.06. The maximum absolute atomic E-state index is 11.7. The molecule has 1 atom stereocenters. The van der Waals surface area contributed by atoms with Crippen LogP contribution in [0.5, 0.6) is 0 Å². The van der Waals surface area contributed by atoms with Gasteiger partial charge in [0.25, 0.3) is 0 Å². The summed E-state index contributed by atoms with van der Waals surface area (Å²) in [5.41, 5.74) is 1.87. The van der Waals surface area contributed by atoms with E-state index in [9.17, 15) is 9.59 Å². The summed E-state index contributed by atoms with van der Waals surface area (Å²) >= 11 is 3.38. The lowest BCUT2D eigenvalue weighted by Crippen LogP contribution is -2.30. The van der Waals surface area contributed by atoms with Gasteiger partial charge in [0.1, 0.15) is 0 Å². The molecule has 2 N–H and O–H groups in total. The van der Waals surface area contributed by atoms with Crippen molar-refractivity contribution < 1.29 is 14.7 Å². The van der Waals surface area contributed by atoms with Crippen molar-refractivity contribution in [1.82, 2.24) is 0 Å². The number of anilines is 1. The molecule has 90 valence electrons. The molecule has 1 aliphatic heterocycles. The molecule has 1 aromatic rings. The van der Waals surface area contributed by atoms with Crippen LogP contribution in [0.25, 0.3) is 0 Å². The van der Waals surface area contributed by atoms with Crippen molar-refractivity contribution in [3.8, 4) is 0 Å². The molecule has 17 heavy (non-hydrogen) atoms. The van der Waals surface area contributed by atoms with Crippen LogP contribution >= 0.6 is 15.9 Å². The van der Waals surface area contributed by atoms with E-state index < -0.39 is 5.97 Å². The Morgan fingerprint density at radius 1 is 1.53 bits per heavy atom. The van der Waals surface area contributed by atoms with E-state index in [1.54, 1.807) is 0 Å². The van der Waals surface area contributed by atoms with Crippen LogP contribution in [-0.4, -0.2) is 17.0 Å². The van der Waals surface area contributed by atoms with Crippen molar-refractivity contribution in [1.29, 1.82) is 0 Å². The van der Waals surface area contributed by atoms with Gasteiger partial charge in [0.2, 0.25) is 5.91 Å². The molecular weight excluding hydrogens is 286 g/mol. The molecule has 1 aliphatic rings. The maximum Gasteiger partial charge on any atom is 0.303 e. The van der Waals surface area contributed by atoms with E-state index in [1.165, 1.54) is 0 Å². The molecule has 0 saturated heterocycles. The minimum Gasteiger partial charge on any atom is -0.481 e. The molecule has 1 aromatic carbocycles. The average Bonchev–Trinajstić information content (AvgIpc) is 2.26. The van der Waals surface area contributed by atoms with Crippen molar-refractivity contribution in [2.75, 3.05) is 5.32 Å². The molecule has 4 nitrogen and oxygen atoms in total. The van der Waals surface area contributed by atoms with Gasteiger partial charge in [-0.05, 0) is 36.6 Å². The first kappa shape index (κ1) is 12.1. The van der Waals surface area contributed by atoms with Crippen LogP contribution in [0.2, 0.25) is 0 Å². The zero-order valence-electron chi connectivity index (χ0n) is 9.07. The molecule has 0 aliphatic carbocycles. The summed E-state index contributed by atoms with van der Waals surface area (Å²) in [5.74, 6) is -1.19. The third-order valence-electron chi connectivity index (χ3n) is 2.87. The van der Waals surface area contributed by atoms with E-state index >= 15 is 0 Å². The summed E-state index contributed by atoms with van der Waals surface area (Å²) in [6.07, 6.45) is 1.02. The normalized spacial score (nSPS) is 18.4. The maximum atomic E-state index is 11.7. The summed E-state index contributed by atoms with van der Waals surface area (Å²) in [6.45, 7) is 0. The molecule has 1 unspecified atom stereocenters. The van der Waals surface area contributed by atoms with Gasteiger partial charge in [0.05, 0.1) is 0 Å². The molecule has 1 heterocycles. The standard InChI is InChI=1S/C12H12BrNO3/c13-9-2-3-10-8(6-9)5-7(12(17)14-10)1-4-11(15)16/h2-3,6-7H,1,4-5H2,(H,14,17)(H,15,16). The number of benzene rings is 1. The van der Waals surface area contributed by atoms with E-state index in [4.69, 9.17) is 5.11 Å². The fraction of sp³-hybridized carbons (Fsp3) is 0.333. The Labute approximate surface area is 107 Å². The van der Waals surface area contributed by atoms with E-state index in [-0.39, 0.29) is 18.2 Å². The van der Waals surface area contributed by atoms with Gasteiger partial charge in [-0.2, -0.15) is 0 Å². The molecule has 0 aromatic heterocycles. The first-order valence-electron chi connectivity index (χ1n) is 5.37. The van der Waals surface area contributed by atoms with E-state index in [1.807, 2.05) is 18.2 Å². The smallest absolute Gasteiger partial charge is 0.303 e. The highest BCUT2D eigenvalue weighted by molar-refractivity contribution is 9.10. The van der Waals surface area contributed by atoms with Crippen molar-refractivity contribution in [3.05, 3.63) is 28.2 Å². The molecule has 0 bridgehead atoms. The van der Waals surface area contributed by atoms with Crippen LogP contribution in [0.15, 0.2) is 22.7 Å². The molecule has 1 amide bonds. The predicted molar refractivity (Wildman–Crippen MR) is 66.8 cm³/mol. The van der Waals surface area contributed by atoms with Gasteiger partial charge in [-0.3, -0.25) is 9.59 Å². The van der Waals surface area contributed by atoms with Gasteiger partial charge in [0, 0.05) is 22.5 Å². The Morgan fingerprint density at radius 3 is 3.00 bits per heavy atom. The van der Waals surface area contributed by atoms with Gasteiger partial charge in [-0.15, -0.1) is 0 Å². The number of fused-ring (bicyclic) bond motifs is 1. The quantitative estimate of drug-likeness (QED) is 0.900. The number of carbonyl (C=O) groups is 2. The number of amides is 1. The van der Waals surface area contributed by atoms with Crippen LogP contribution in [0.3, 0.4) is 0 Å². The first-order valence-corrected chi connectivity index (χ1v) is 6.16. The number of carboxylic acids is 1. The number of hydrogen-bond acceptors (Lipinski definition) is 2. The molecule has 0 spiro atoms. The largest absolute Gasteiger partial charge is 0.481 e. The highest BCUT2D eigenvalue weighted by atomic mass is 79.9. The number of carbonyl (C=O) groups excluding carboxylic acids is 1. The van der Waals surface area contributed by atoms with Gasteiger partial charge < -0.3 is 10.4 Å². The Hall–Kier alpha value is -1.36. The second kappa shape index (κ2) is 4.87. The molecule has 2 rings (SSSR count). The van der Waals surface area contributed by atoms with E-state index in [0.29, 0.717) is 12.8 Å². The van der Waals surface area contributed by atoms with Crippen LogP contribution in [0, 0.1) is 5.92 Å². The minimum atomic E-state index is -0.863. The summed E-state index contributed by atoms with van der Waals surface area (Å²) in [5, 5.41) is 11.4. The fourth-order valence-corrected chi connectivity index (χ4v) is 2.39. The highest BCUT2D eigenvalue weighted by Gasteiger charge is 2.26. The third kappa shape index (κ3) is 2.85. The summed E-state index contributed by atoms with van der Waals surface area (Å²) < 4.78 is 0.962. The topological polar surface area (TPSA) is 66.4 Å². The second-order valence-electron chi connectivity index (χ2n) is 4.12. The molecule has 0 radical (unpaired) electrons. The average molecular weight is 298 g/mol. The second-order valence-corrected chi connectivity index (χ2v) is 5.04. The van der Waals surface area contributed by atoms with Crippen LogP contribution in [0.4, 0.5) is 5.69 Å². The number of halogens is 1. The van der Waals surface area contributed by atoms with Gasteiger partial charge in [-0.25, -0.2) is 0 Å². The minimum absolute atomic E-state index is 0.0292. The lowest BCUT2D eigenvalue weighted by atomic mass is 9.90. The number of carboxylic acid groups (broad SMARTS) is 1. The Bertz CT molecular complexity index is 473. The summed E-state index contributed by atoms with van der Waals surface area (Å²) in [4.78, 5) is 22.2. The molecule has 5 heteroatoms. The Kier molecular flexibility index (Phi) is 3.47. The van der Waals surface area contributed by atoms with Crippen molar-refractivity contribution in [2.24, 2.45) is 5.92 Å². The zero-order chi connectivity index (χ0) is 12.4. The van der Waals surface area contributed by atoms with Crippen LogP contribution < -0.4 is 5.32 Å². The monoisotopic (exact) mass is 297 g/mol. The van der Waals surface area contributed by atoms with Gasteiger partial charge in [0.15, 0.2) is 0 Å². The number of hydrogen-bond donors (Lipinski definition) is 2. The van der Waals surface area contributed by atoms with E-state index in [2.05, 4.69) is 21.2 Å². The van der Waals surface area contributed by atoms with Crippen molar-refractivity contribution in [3.63, 3.8) is 0 Å². The van der Waals surface area contributed by atoms with Gasteiger partial charge in [-0.1, -0.05) is 15.9 Å². The van der Waals surface area contributed by atoms with Crippen molar-refractivity contribution in [2.45, 2.75) is 19.3 Å². The number of nitrogens with one attached hydrogen (secondary N) is 1. The lowest BCUT2D eigenvalue weighted by Gasteiger charge is -2.24. The van der Waals surface area contributed by atoms with Crippen LogP contribution in [-0.2, 0) is 16.0 Å². The van der Waals surface area contributed by atoms with E-state index in [0.717, 1.165) is 15.7 Å². The molecule has 0 saturated carbocycles. The van der Waals surface area contributed by atoms with Crippen LogP contribution in [0.1, 0.15) is 18.4 Å². The fourth-order valence-electron chi connectivity index (χ4n) is 1.98. The lowest BCUT2D eigenvalue weighted by molar-refractivity contribution is -0.137. The predicted octanol–water partition coefficient (Wildman–Crippen LogP) is 2.42. The number of aliphatic carboxylic acids is 1. The third-order valence-corrected chi connectivity index (χ3v) is 3.36. The molecular formula is C12H12BrNO3. The Balaban J connectivity index is 2.14. The zero-order valence-corrected chi connectivity index (χ0v) is 10.7. The Morgan fingerprint density at radius 2 is 2.29 bits per heavy atom. The summed E-state index contributed by atoms with van der Waals surface area (Å²) in [6, 6.07) is 5.68. The molecule has 0 fully saturated rings. The summed E-state index contributed by atoms with van der Waals surface area (Å²) in [7, 11) is 0.